The third-order valence-electron chi connectivity index (χ3n) is 11.0. The van der Waals surface area contributed by atoms with Crippen molar-refractivity contribution in [3.8, 4) is 0 Å². The van der Waals surface area contributed by atoms with Crippen molar-refractivity contribution in [3.05, 3.63) is 0 Å². The SMILES string of the molecule is [2H][C@@]1(C(=O)N[C@@H](CCC(=O)N[C@@H](C)C(=O)NCCOP(=O)(O)OCCCCCCCCCCCCCC)C(N)=O)C(C2O[C@H](CO)[C@@H](O)[C@H](O[C@H](C)C(=O)O)[C@H]2N)CCN1C(C)=O. The van der Waals surface area contributed by atoms with Crippen molar-refractivity contribution in [2.75, 3.05) is 32.9 Å². The summed E-state index contributed by atoms with van der Waals surface area (Å²) in [5.74, 6) is -6.97. The number of carboxylic acids is 1. The third-order valence-corrected chi connectivity index (χ3v) is 12.0. The smallest absolute Gasteiger partial charge is 0.472 e. The van der Waals surface area contributed by atoms with E-state index in [-0.39, 0.29) is 39.1 Å². The number of nitrogens with two attached hydrogens (primary N) is 2. The Bertz CT molecular complexity index is 1540. The zero-order valence-electron chi connectivity index (χ0n) is 37.7. The van der Waals surface area contributed by atoms with Gasteiger partial charge in [-0.05, 0) is 33.1 Å². The van der Waals surface area contributed by atoms with Crippen molar-refractivity contribution in [1.82, 2.24) is 20.9 Å². The van der Waals surface area contributed by atoms with Gasteiger partial charge in [-0.1, -0.05) is 77.6 Å². The third kappa shape index (κ3) is 18.8. The Hall–Kier alpha value is -3.27. The van der Waals surface area contributed by atoms with E-state index in [1.807, 2.05) is 0 Å². The van der Waals surface area contributed by atoms with Gasteiger partial charge in [0.25, 0.3) is 0 Å². The molecule has 0 radical (unpaired) electrons. The number of nitrogens with one attached hydrogen (secondary N) is 3. The molecule has 0 saturated carbocycles. The maximum Gasteiger partial charge on any atom is 0.472 e. The summed E-state index contributed by atoms with van der Waals surface area (Å²) in [6.07, 6.45) is 5.61. The van der Waals surface area contributed by atoms with Crippen molar-refractivity contribution < 1.29 is 73.4 Å². The van der Waals surface area contributed by atoms with Gasteiger partial charge in [-0.3, -0.25) is 33.0 Å². The van der Waals surface area contributed by atoms with E-state index in [9.17, 15) is 54.9 Å². The highest BCUT2D eigenvalue weighted by atomic mass is 31.2. The van der Waals surface area contributed by atoms with Crippen LogP contribution >= 0.6 is 7.82 Å². The Labute approximate surface area is 366 Å². The monoisotopic (exact) mass is 909 g/mol. The number of hydrogen-bond donors (Lipinski definition) is 9. The van der Waals surface area contributed by atoms with E-state index < -0.39 is 117 Å². The molecular formula is C40H73N6O15P. The van der Waals surface area contributed by atoms with Gasteiger partial charge in [-0.2, -0.15) is 0 Å². The number of hydrogen-bond acceptors (Lipinski definition) is 14. The molecule has 2 rings (SSSR count). The Balaban J connectivity index is 1.86. The molecule has 22 heteroatoms. The summed E-state index contributed by atoms with van der Waals surface area (Å²) in [6.45, 7) is 4.50. The Morgan fingerprint density at radius 1 is 0.952 bits per heavy atom. The molecule has 3 unspecified atom stereocenters. The van der Waals surface area contributed by atoms with Gasteiger partial charge in [0.05, 0.1) is 33.3 Å². The van der Waals surface area contributed by atoms with Crippen LogP contribution in [-0.2, 0) is 51.9 Å². The van der Waals surface area contributed by atoms with Crippen molar-refractivity contribution in [1.29, 1.82) is 0 Å². The molecule has 5 amide bonds. The van der Waals surface area contributed by atoms with Crippen LogP contribution in [0, 0.1) is 5.92 Å². The second kappa shape index (κ2) is 28.5. The molecular weight excluding hydrogens is 835 g/mol. The fourth-order valence-electron chi connectivity index (χ4n) is 7.46. The Kier molecular flexibility index (Phi) is 24.4. The number of amides is 5. The van der Waals surface area contributed by atoms with Crippen LogP contribution in [0.2, 0.25) is 0 Å². The van der Waals surface area contributed by atoms with Crippen molar-refractivity contribution in [2.24, 2.45) is 17.4 Å². The Morgan fingerprint density at radius 2 is 1.53 bits per heavy atom. The van der Waals surface area contributed by atoms with Gasteiger partial charge in [0.2, 0.25) is 29.5 Å². The number of aliphatic hydroxyl groups excluding tert-OH is 2. The number of carbonyl (C=O) groups is 6. The number of ether oxygens (including phenoxy) is 2. The first-order valence-corrected chi connectivity index (χ1v) is 23.4. The summed E-state index contributed by atoms with van der Waals surface area (Å²) in [5.41, 5.74) is 12.0. The van der Waals surface area contributed by atoms with E-state index in [0.29, 0.717) is 6.42 Å². The molecule has 2 saturated heterocycles. The predicted octanol–water partition coefficient (Wildman–Crippen LogP) is 0.736. The molecule has 0 spiro atoms. The highest BCUT2D eigenvalue weighted by Gasteiger charge is 2.53. The maximum atomic E-state index is 14.0. The summed E-state index contributed by atoms with van der Waals surface area (Å²) in [6, 6.07) is -6.51. The summed E-state index contributed by atoms with van der Waals surface area (Å²) in [5, 5.41) is 37.4. The van der Waals surface area contributed by atoms with Gasteiger partial charge in [-0.25, -0.2) is 9.36 Å². The highest BCUT2D eigenvalue weighted by Crippen LogP contribution is 2.43. The Morgan fingerprint density at radius 3 is 2.08 bits per heavy atom. The summed E-state index contributed by atoms with van der Waals surface area (Å²) in [7, 11) is -4.34. The van der Waals surface area contributed by atoms with Gasteiger partial charge in [0.15, 0.2) is 6.10 Å². The number of nitrogens with zero attached hydrogens (tertiary/aromatic N) is 1. The maximum absolute atomic E-state index is 14.0. The molecule has 11 N–H and O–H groups in total. The van der Waals surface area contributed by atoms with Crippen LogP contribution < -0.4 is 27.4 Å². The zero-order chi connectivity index (χ0) is 47.3. The summed E-state index contributed by atoms with van der Waals surface area (Å²) < 4.78 is 42.9. The number of primary amides is 1. The molecule has 0 bridgehead atoms. The topological polar surface area (TPSA) is 329 Å². The minimum atomic E-state index is -4.34. The molecule has 11 atom stereocenters. The van der Waals surface area contributed by atoms with Crippen molar-refractivity contribution in [2.45, 2.75) is 179 Å². The fourth-order valence-corrected chi connectivity index (χ4v) is 8.22. The van der Waals surface area contributed by atoms with Gasteiger partial charge < -0.3 is 62.0 Å². The molecule has 358 valence electrons. The number of likely N-dealkylation sites (tertiary alicyclic amines) is 1. The molecule has 21 nitrogen and oxygen atoms in total. The second-order valence-corrected chi connectivity index (χ2v) is 17.4. The number of phosphoric acid groups is 1. The number of carboxylic acid groups (broad SMARTS) is 1. The molecule has 0 aromatic rings. The lowest BCUT2D eigenvalue weighted by atomic mass is 9.82. The van der Waals surface area contributed by atoms with E-state index in [1.54, 1.807) is 0 Å². The second-order valence-electron chi connectivity index (χ2n) is 16.0. The summed E-state index contributed by atoms with van der Waals surface area (Å²) in [4.78, 5) is 87.0. The number of carbonyl (C=O) groups excluding carboxylic acids is 5. The first-order chi connectivity index (χ1) is 29.7. The van der Waals surface area contributed by atoms with Crippen LogP contribution in [-0.4, -0.2) is 148 Å². The lowest BCUT2D eigenvalue weighted by Crippen LogP contribution is -2.67. The molecule has 2 aliphatic heterocycles. The van der Waals surface area contributed by atoms with E-state index in [1.165, 1.54) is 65.2 Å². The number of phosphoric ester groups is 1. The molecule has 62 heavy (non-hydrogen) atoms. The number of aliphatic carboxylic acids is 1. The minimum Gasteiger partial charge on any atom is -0.479 e. The van der Waals surface area contributed by atoms with Crippen LogP contribution in [0.1, 0.15) is 125 Å². The molecule has 0 aliphatic carbocycles. The highest BCUT2D eigenvalue weighted by molar-refractivity contribution is 7.47. The fraction of sp³-hybridized carbons (Fsp3) is 0.850. The standard InChI is InChI=1S/C40H73N6O15P/c1-5-6-7-8-9-10-11-12-13-14-15-16-22-58-62(56,57)59-23-20-43-38(52)25(2)44-31(49)18-17-29(37(42)51)45-39(53)33-28(19-21-46(33)27(4)48)35-32(41)36(60-26(3)40(54)55)34(50)30(24-47)61-35/h25-26,28-30,32-36,47,50H,5-24,41H2,1-4H3,(H2,42,51)(H,43,52)(H,44,49)(H,45,53)(H,54,55)(H,56,57)/t25-,26+,28?,29-,30+,32-,33-,34+,35?,36+/m0/s1/i33D. The molecule has 0 aromatic heterocycles. The lowest BCUT2D eigenvalue weighted by Gasteiger charge is -2.46. The normalized spacial score (nSPS) is 26.4. The van der Waals surface area contributed by atoms with E-state index in [2.05, 4.69) is 22.9 Å². The van der Waals surface area contributed by atoms with Crippen molar-refractivity contribution in [3.63, 3.8) is 0 Å². The predicted molar refractivity (Wildman–Crippen MR) is 225 cm³/mol. The summed E-state index contributed by atoms with van der Waals surface area (Å²) >= 11 is 0. The minimum absolute atomic E-state index is 0.0490. The van der Waals surface area contributed by atoms with Gasteiger partial charge in [0.1, 0.15) is 36.4 Å². The average molecular weight is 910 g/mol. The quantitative estimate of drug-likeness (QED) is 0.0342. The number of rotatable bonds is 31. The first kappa shape index (κ1) is 53.1. The molecule has 2 aliphatic rings. The zero-order valence-corrected chi connectivity index (χ0v) is 37.6. The molecule has 2 fully saturated rings. The van der Waals surface area contributed by atoms with Gasteiger partial charge in [-0.15, -0.1) is 0 Å². The van der Waals surface area contributed by atoms with Crippen LogP contribution in [0.25, 0.3) is 0 Å². The largest absolute Gasteiger partial charge is 0.479 e. The van der Waals surface area contributed by atoms with Crippen molar-refractivity contribution >= 4 is 43.3 Å². The average Bonchev–Trinajstić information content (AvgIpc) is 3.58. The van der Waals surface area contributed by atoms with Crippen LogP contribution in [0.15, 0.2) is 0 Å². The van der Waals surface area contributed by atoms with Gasteiger partial charge in [0, 0.05) is 32.4 Å². The lowest BCUT2D eigenvalue weighted by molar-refractivity contribution is -0.225. The molecule has 0 aromatic carbocycles. The van der Waals surface area contributed by atoms with Crippen LogP contribution in [0.5, 0.6) is 0 Å². The van der Waals surface area contributed by atoms with E-state index in [4.69, 9.17) is 30.0 Å². The van der Waals surface area contributed by atoms with Crippen LogP contribution in [0.4, 0.5) is 0 Å². The van der Waals surface area contributed by atoms with E-state index in [0.717, 1.165) is 31.1 Å². The first-order valence-electron chi connectivity index (χ1n) is 22.4. The number of unbranched alkanes of at least 4 members (excludes halogenated alkanes) is 11. The molecule has 2 heterocycles. The van der Waals surface area contributed by atoms with E-state index >= 15 is 0 Å². The number of aliphatic hydroxyl groups is 2. The van der Waals surface area contributed by atoms with Crippen LogP contribution in [0.3, 0.4) is 0 Å². The van der Waals surface area contributed by atoms with Gasteiger partial charge >= 0.3 is 13.8 Å².